The van der Waals surface area contributed by atoms with E-state index in [2.05, 4.69) is 24.1 Å². The lowest BCUT2D eigenvalue weighted by atomic mass is 9.98. The average Bonchev–Trinajstić information content (AvgIpc) is 2.89. The predicted octanol–water partition coefficient (Wildman–Crippen LogP) is 3.59. The molecule has 1 aliphatic rings. The molecular formula is C17H24N2O4S2. The second-order valence-corrected chi connectivity index (χ2v) is 7.62. The van der Waals surface area contributed by atoms with E-state index in [-0.39, 0.29) is 0 Å². The van der Waals surface area contributed by atoms with Gasteiger partial charge in [-0.25, -0.2) is 9.59 Å². The molecule has 25 heavy (non-hydrogen) atoms. The molecule has 6 nitrogen and oxygen atoms in total. The number of thiophene rings is 1. The van der Waals surface area contributed by atoms with Crippen LogP contribution in [0.25, 0.3) is 0 Å². The van der Waals surface area contributed by atoms with Crippen molar-refractivity contribution in [2.24, 2.45) is 0 Å². The lowest BCUT2D eigenvalue weighted by molar-refractivity contribution is 0.0601. The number of hydrogen-bond donors (Lipinski definition) is 1. The molecule has 0 aromatic carbocycles. The Balaban J connectivity index is 2.36. The number of anilines is 1. The van der Waals surface area contributed by atoms with Crippen LogP contribution in [0.15, 0.2) is 0 Å². The Labute approximate surface area is 157 Å². The van der Waals surface area contributed by atoms with Gasteiger partial charge in [0.2, 0.25) is 0 Å². The average molecular weight is 385 g/mol. The molecule has 0 radical (unpaired) electrons. The minimum absolute atomic E-state index is 0.325. The Kier molecular flexibility index (Phi) is 6.40. The smallest absolute Gasteiger partial charge is 0.348 e. The summed E-state index contributed by atoms with van der Waals surface area (Å²) in [5.41, 5.74) is 0.862. The molecule has 0 saturated carbocycles. The van der Waals surface area contributed by atoms with Crippen LogP contribution in [-0.4, -0.2) is 48.3 Å². The first kappa shape index (κ1) is 19.7. The van der Waals surface area contributed by atoms with Crippen molar-refractivity contribution in [1.29, 1.82) is 0 Å². The van der Waals surface area contributed by atoms with Gasteiger partial charge in [-0.2, -0.15) is 0 Å². The molecule has 1 aromatic heterocycles. The van der Waals surface area contributed by atoms with E-state index in [1.807, 2.05) is 0 Å². The Hall–Kier alpha value is -1.67. The van der Waals surface area contributed by atoms with Gasteiger partial charge in [0.15, 0.2) is 5.11 Å². The number of thiocarbonyl (C=S) groups is 1. The van der Waals surface area contributed by atoms with Crippen molar-refractivity contribution in [1.82, 2.24) is 4.90 Å². The van der Waals surface area contributed by atoms with Crippen LogP contribution >= 0.6 is 23.6 Å². The molecule has 0 amide bonds. The van der Waals surface area contributed by atoms with Gasteiger partial charge < -0.3 is 19.7 Å². The second-order valence-electron chi connectivity index (χ2n) is 6.21. The highest BCUT2D eigenvalue weighted by Crippen LogP contribution is 2.35. The lowest BCUT2D eigenvalue weighted by Crippen LogP contribution is -2.49. The van der Waals surface area contributed by atoms with Crippen LogP contribution < -0.4 is 5.32 Å². The van der Waals surface area contributed by atoms with E-state index >= 15 is 0 Å². The first-order valence-corrected chi connectivity index (χ1v) is 9.43. The molecule has 0 bridgehead atoms. The molecule has 0 aliphatic carbocycles. The van der Waals surface area contributed by atoms with E-state index in [1.54, 1.807) is 6.92 Å². The number of ether oxygens (including phenoxy) is 2. The summed E-state index contributed by atoms with van der Waals surface area (Å²) in [6, 6.07) is 0.651. The minimum atomic E-state index is -0.506. The monoisotopic (exact) mass is 384 g/mol. The summed E-state index contributed by atoms with van der Waals surface area (Å²) in [6.07, 6.45) is 3.33. The maximum absolute atomic E-state index is 12.2. The van der Waals surface area contributed by atoms with Gasteiger partial charge in [-0.3, -0.25) is 0 Å². The molecule has 8 heteroatoms. The number of likely N-dealkylation sites (tertiary alicyclic amines) is 1. The van der Waals surface area contributed by atoms with Gasteiger partial charge in [0.1, 0.15) is 9.88 Å². The van der Waals surface area contributed by atoms with Crippen molar-refractivity contribution < 1.29 is 19.1 Å². The Morgan fingerprint density at radius 3 is 2.24 bits per heavy atom. The number of hydrogen-bond acceptors (Lipinski definition) is 6. The van der Waals surface area contributed by atoms with Crippen LogP contribution in [0.5, 0.6) is 0 Å². The molecule has 1 N–H and O–H groups in total. The molecular weight excluding hydrogens is 360 g/mol. The van der Waals surface area contributed by atoms with Crippen LogP contribution in [-0.2, 0) is 9.47 Å². The first-order valence-electron chi connectivity index (χ1n) is 8.21. The van der Waals surface area contributed by atoms with Gasteiger partial charge in [0.05, 0.1) is 19.8 Å². The molecule has 1 fully saturated rings. The fourth-order valence-corrected chi connectivity index (χ4v) is 4.86. The van der Waals surface area contributed by atoms with Gasteiger partial charge in [-0.05, 0) is 57.8 Å². The fourth-order valence-electron chi connectivity index (χ4n) is 3.22. The molecule has 138 valence electrons. The van der Waals surface area contributed by atoms with Crippen molar-refractivity contribution in [3.63, 3.8) is 0 Å². The summed E-state index contributed by atoms with van der Waals surface area (Å²) in [4.78, 5) is 26.7. The highest BCUT2D eigenvalue weighted by atomic mass is 32.1. The van der Waals surface area contributed by atoms with Crippen LogP contribution in [0.3, 0.4) is 0 Å². The van der Waals surface area contributed by atoms with Gasteiger partial charge in [0.25, 0.3) is 0 Å². The van der Waals surface area contributed by atoms with Crippen LogP contribution in [0, 0.1) is 6.92 Å². The Bertz CT molecular complexity index is 676. The van der Waals surface area contributed by atoms with Crippen molar-refractivity contribution >= 4 is 45.6 Å². The van der Waals surface area contributed by atoms with E-state index in [0.29, 0.717) is 38.2 Å². The van der Waals surface area contributed by atoms with Crippen LogP contribution in [0.2, 0.25) is 0 Å². The quantitative estimate of drug-likeness (QED) is 0.631. The topological polar surface area (TPSA) is 67.9 Å². The number of nitrogens with zero attached hydrogens (tertiary/aromatic N) is 1. The number of rotatable bonds is 3. The van der Waals surface area contributed by atoms with Crippen LogP contribution in [0.1, 0.15) is 58.7 Å². The molecule has 0 spiro atoms. The van der Waals surface area contributed by atoms with Gasteiger partial charge in [0, 0.05) is 12.1 Å². The lowest BCUT2D eigenvalue weighted by Gasteiger charge is -2.40. The number of esters is 2. The molecule has 2 heterocycles. The number of methoxy groups -OCH3 is 2. The maximum atomic E-state index is 12.2. The normalized spacial score (nSPS) is 20.1. The van der Waals surface area contributed by atoms with Crippen molar-refractivity contribution in [2.45, 2.75) is 52.1 Å². The standard InChI is InChI=1S/C17H24N2O4S2/c1-9-7-6-8-10(2)19(9)17(24)18-14-12(15(20)22-4)11(3)13(25-14)16(21)23-5/h9-10H,6-8H2,1-5H3,(H,18,24). The molecule has 2 unspecified atom stereocenters. The third-order valence-corrected chi connectivity index (χ3v) is 6.06. The first-order chi connectivity index (χ1) is 11.8. The zero-order chi connectivity index (χ0) is 18.7. The van der Waals surface area contributed by atoms with E-state index < -0.39 is 11.9 Å². The van der Waals surface area contributed by atoms with Gasteiger partial charge in [-0.15, -0.1) is 11.3 Å². The molecule has 1 saturated heterocycles. The summed E-state index contributed by atoms with van der Waals surface area (Å²) < 4.78 is 9.68. The zero-order valence-electron chi connectivity index (χ0n) is 15.2. The van der Waals surface area contributed by atoms with Gasteiger partial charge >= 0.3 is 11.9 Å². The van der Waals surface area contributed by atoms with Crippen molar-refractivity contribution in [2.75, 3.05) is 19.5 Å². The summed E-state index contributed by atoms with van der Waals surface area (Å²) in [6.45, 7) is 5.99. The highest BCUT2D eigenvalue weighted by molar-refractivity contribution is 7.80. The zero-order valence-corrected chi connectivity index (χ0v) is 16.8. The third kappa shape index (κ3) is 3.95. The number of nitrogens with one attached hydrogen (secondary N) is 1. The molecule has 2 rings (SSSR count). The summed E-state index contributed by atoms with van der Waals surface area (Å²) in [5, 5.41) is 4.24. The van der Waals surface area contributed by atoms with Crippen LogP contribution in [0.4, 0.5) is 5.00 Å². The van der Waals surface area contributed by atoms with Crippen molar-refractivity contribution in [3.8, 4) is 0 Å². The van der Waals surface area contributed by atoms with E-state index in [1.165, 1.54) is 20.6 Å². The summed E-state index contributed by atoms with van der Waals surface area (Å²) >= 11 is 6.75. The predicted molar refractivity (Wildman–Crippen MR) is 103 cm³/mol. The Morgan fingerprint density at radius 1 is 1.16 bits per heavy atom. The Morgan fingerprint density at radius 2 is 1.72 bits per heavy atom. The third-order valence-electron chi connectivity index (χ3n) is 4.56. The van der Waals surface area contributed by atoms with Gasteiger partial charge in [-0.1, -0.05) is 0 Å². The van der Waals surface area contributed by atoms with E-state index in [4.69, 9.17) is 21.7 Å². The minimum Gasteiger partial charge on any atom is -0.465 e. The highest BCUT2D eigenvalue weighted by Gasteiger charge is 2.30. The summed E-state index contributed by atoms with van der Waals surface area (Å²) in [5.74, 6) is -0.986. The largest absolute Gasteiger partial charge is 0.465 e. The number of carbonyl (C=O) groups excluding carboxylic acids is 2. The van der Waals surface area contributed by atoms with E-state index in [9.17, 15) is 9.59 Å². The molecule has 2 atom stereocenters. The SMILES string of the molecule is COC(=O)c1sc(NC(=S)N2C(C)CCCC2C)c(C(=O)OC)c1C. The maximum Gasteiger partial charge on any atom is 0.348 e. The van der Waals surface area contributed by atoms with E-state index in [0.717, 1.165) is 24.2 Å². The molecule has 1 aromatic rings. The summed E-state index contributed by atoms with van der Waals surface area (Å²) in [7, 11) is 2.63. The number of piperidine rings is 1. The number of carbonyl (C=O) groups is 2. The second kappa shape index (κ2) is 8.14. The van der Waals surface area contributed by atoms with Crippen molar-refractivity contribution in [3.05, 3.63) is 16.0 Å². The molecule has 1 aliphatic heterocycles. The fraction of sp³-hybridized carbons (Fsp3) is 0.588.